The number of unbranched alkanes of at least 4 members (excludes halogenated alkanes) is 29. The van der Waals surface area contributed by atoms with E-state index in [1.54, 1.807) is 0 Å². The van der Waals surface area contributed by atoms with Gasteiger partial charge in [0, 0.05) is 12.8 Å². The molecule has 8 nitrogen and oxygen atoms in total. The van der Waals surface area contributed by atoms with Gasteiger partial charge in [0.05, 0.1) is 13.2 Å². The van der Waals surface area contributed by atoms with E-state index in [9.17, 15) is 9.59 Å². The lowest BCUT2D eigenvalue weighted by atomic mass is 10.0. The van der Waals surface area contributed by atoms with E-state index in [1.165, 1.54) is 167 Å². The Kier molecular flexibility index (Phi) is 48.2. The number of hydrogen-bond acceptors (Lipinski definition) is 8. The van der Waals surface area contributed by atoms with Crippen molar-refractivity contribution >= 4 is 11.9 Å². The van der Waals surface area contributed by atoms with Crippen molar-refractivity contribution in [1.82, 2.24) is 0 Å². The number of rotatable bonds is 41. The number of aliphatic hydroxyl groups excluding tert-OH is 4. The van der Waals surface area contributed by atoms with Gasteiger partial charge in [0.2, 0.25) is 0 Å². The number of carbonyl (C=O) groups excluding carboxylic acids is 2. The zero-order chi connectivity index (χ0) is 40.0. The minimum Gasteiger partial charge on any atom is -0.463 e. The molecule has 8 heteroatoms. The fourth-order valence-electron chi connectivity index (χ4n) is 6.32. The normalized spacial score (nSPS) is 12.4. The van der Waals surface area contributed by atoms with Gasteiger partial charge in [-0.1, -0.05) is 193 Å². The van der Waals surface area contributed by atoms with E-state index in [0.29, 0.717) is 12.8 Å². The molecule has 0 aliphatic rings. The van der Waals surface area contributed by atoms with E-state index in [0.717, 1.165) is 38.5 Å². The van der Waals surface area contributed by atoms with Crippen LogP contribution in [-0.4, -0.2) is 71.0 Å². The van der Waals surface area contributed by atoms with Crippen LogP contribution in [0.15, 0.2) is 12.2 Å². The van der Waals surface area contributed by atoms with Gasteiger partial charge in [-0.2, -0.15) is 0 Å². The summed E-state index contributed by atoms with van der Waals surface area (Å²) in [6.45, 7) is 3.58. The van der Waals surface area contributed by atoms with Crippen LogP contribution in [0, 0.1) is 0 Å². The monoisotopic (exact) mass is 771 g/mol. The summed E-state index contributed by atoms with van der Waals surface area (Å²) in [5, 5.41) is 35.5. The standard InChI is InChI=1S/C25H50O4.C21H40O4/c1-2-3-4-5-6-7-8-9-10-11-12-13-14-15-16-17-18-19-20-21-25(28)29-23-24(27)22-26;1-2-3-4-5-6-7-8-9-10-11-12-13-14-15-16-17-21(24)25-19-20(23)18-22/h24,26-27H,2-23H2,1H3;9-10,20,22-23H,2-8,11-19H2,1H3/b;10-9-. The number of hydrogen-bond donors (Lipinski definition) is 4. The van der Waals surface area contributed by atoms with Gasteiger partial charge in [-0.3, -0.25) is 9.59 Å². The van der Waals surface area contributed by atoms with Gasteiger partial charge in [-0.25, -0.2) is 0 Å². The van der Waals surface area contributed by atoms with Crippen LogP contribution >= 0.6 is 0 Å². The van der Waals surface area contributed by atoms with Crippen molar-refractivity contribution < 1.29 is 39.5 Å². The summed E-state index contributed by atoms with van der Waals surface area (Å²) < 4.78 is 9.74. The van der Waals surface area contributed by atoms with Crippen LogP contribution in [0.3, 0.4) is 0 Å². The van der Waals surface area contributed by atoms with Crippen LogP contribution in [0.25, 0.3) is 0 Å². The van der Waals surface area contributed by atoms with Crippen LogP contribution in [0.4, 0.5) is 0 Å². The number of ether oxygens (including phenoxy) is 2. The second kappa shape index (κ2) is 47.7. The fourth-order valence-corrected chi connectivity index (χ4v) is 6.32. The van der Waals surface area contributed by atoms with E-state index in [2.05, 4.69) is 26.0 Å². The highest BCUT2D eigenvalue weighted by molar-refractivity contribution is 5.69. The third-order valence-electron chi connectivity index (χ3n) is 9.92. The first-order valence-electron chi connectivity index (χ1n) is 22.9. The second-order valence-electron chi connectivity index (χ2n) is 15.5. The van der Waals surface area contributed by atoms with Gasteiger partial charge in [0.15, 0.2) is 0 Å². The first kappa shape index (κ1) is 54.6. The zero-order valence-corrected chi connectivity index (χ0v) is 35.6. The second-order valence-corrected chi connectivity index (χ2v) is 15.5. The van der Waals surface area contributed by atoms with E-state index in [1.807, 2.05) is 0 Å². The molecule has 0 aromatic rings. The SMILES string of the molecule is CCCCCCCC/C=C\CCCCCCCC(=O)OCC(O)CO.CCCCCCCCCCCCCCCCCCCCCC(=O)OCC(O)CO. The Bertz CT molecular complexity index is 774. The molecule has 322 valence electrons. The number of allylic oxidation sites excluding steroid dienone is 2. The maximum absolute atomic E-state index is 11.4. The van der Waals surface area contributed by atoms with Crippen molar-refractivity contribution in [1.29, 1.82) is 0 Å². The Morgan fingerprint density at radius 2 is 0.648 bits per heavy atom. The molecular formula is C46H90O8. The molecule has 0 aliphatic carbocycles. The van der Waals surface area contributed by atoms with Gasteiger partial charge >= 0.3 is 11.9 Å². The smallest absolute Gasteiger partial charge is 0.305 e. The molecule has 0 radical (unpaired) electrons. The molecule has 0 aromatic heterocycles. The lowest BCUT2D eigenvalue weighted by molar-refractivity contribution is -0.148. The molecule has 0 aliphatic heterocycles. The van der Waals surface area contributed by atoms with Crippen molar-refractivity contribution in [3.05, 3.63) is 12.2 Å². The topological polar surface area (TPSA) is 134 Å². The third kappa shape index (κ3) is 48.5. The number of carbonyl (C=O) groups is 2. The summed E-state index contributed by atoms with van der Waals surface area (Å²) in [7, 11) is 0. The Balaban J connectivity index is 0. The van der Waals surface area contributed by atoms with Crippen LogP contribution in [-0.2, 0) is 19.1 Å². The molecule has 0 heterocycles. The average molecular weight is 771 g/mol. The Hall–Kier alpha value is -1.48. The summed E-state index contributed by atoms with van der Waals surface area (Å²) in [5.74, 6) is -0.561. The Morgan fingerprint density at radius 3 is 0.907 bits per heavy atom. The lowest BCUT2D eigenvalue weighted by Gasteiger charge is -2.08. The molecular weight excluding hydrogens is 680 g/mol. The lowest BCUT2D eigenvalue weighted by Crippen LogP contribution is -2.21. The van der Waals surface area contributed by atoms with E-state index in [4.69, 9.17) is 29.9 Å². The summed E-state index contributed by atoms with van der Waals surface area (Å²) in [6, 6.07) is 0. The van der Waals surface area contributed by atoms with Gasteiger partial charge in [0.1, 0.15) is 25.4 Å². The van der Waals surface area contributed by atoms with Gasteiger partial charge in [-0.05, 0) is 38.5 Å². The largest absolute Gasteiger partial charge is 0.463 e. The first-order chi connectivity index (χ1) is 26.4. The van der Waals surface area contributed by atoms with Gasteiger partial charge in [0.25, 0.3) is 0 Å². The predicted molar refractivity (Wildman–Crippen MR) is 226 cm³/mol. The number of aliphatic hydroxyl groups is 4. The molecule has 0 fully saturated rings. The van der Waals surface area contributed by atoms with Crippen LogP contribution in [0.2, 0.25) is 0 Å². The number of esters is 2. The molecule has 0 saturated heterocycles. The molecule has 0 bridgehead atoms. The van der Waals surface area contributed by atoms with E-state index >= 15 is 0 Å². The third-order valence-corrected chi connectivity index (χ3v) is 9.92. The highest BCUT2D eigenvalue weighted by Gasteiger charge is 2.08. The average Bonchev–Trinajstić information content (AvgIpc) is 3.18. The molecule has 0 saturated carbocycles. The van der Waals surface area contributed by atoms with Crippen LogP contribution in [0.5, 0.6) is 0 Å². The Labute approximate surface area is 333 Å². The van der Waals surface area contributed by atoms with Crippen LogP contribution < -0.4 is 0 Å². The minimum absolute atomic E-state index is 0.103. The molecule has 2 atom stereocenters. The zero-order valence-electron chi connectivity index (χ0n) is 35.6. The summed E-state index contributed by atoms with van der Waals surface area (Å²) in [5.41, 5.74) is 0. The molecule has 0 spiro atoms. The first-order valence-corrected chi connectivity index (χ1v) is 22.9. The van der Waals surface area contributed by atoms with Crippen molar-refractivity contribution in [2.75, 3.05) is 26.4 Å². The highest BCUT2D eigenvalue weighted by Crippen LogP contribution is 2.15. The molecule has 4 N–H and O–H groups in total. The molecule has 0 rings (SSSR count). The van der Waals surface area contributed by atoms with Crippen molar-refractivity contribution in [2.24, 2.45) is 0 Å². The fraction of sp³-hybridized carbons (Fsp3) is 0.913. The highest BCUT2D eigenvalue weighted by atomic mass is 16.5. The molecule has 0 amide bonds. The maximum Gasteiger partial charge on any atom is 0.305 e. The minimum atomic E-state index is -0.960. The molecule has 2 unspecified atom stereocenters. The van der Waals surface area contributed by atoms with E-state index in [-0.39, 0.29) is 38.4 Å². The summed E-state index contributed by atoms with van der Waals surface area (Å²) >= 11 is 0. The summed E-state index contributed by atoms with van der Waals surface area (Å²) in [6.07, 6.45) is 45.0. The molecule has 54 heavy (non-hydrogen) atoms. The van der Waals surface area contributed by atoms with Crippen molar-refractivity contribution in [2.45, 2.75) is 244 Å². The van der Waals surface area contributed by atoms with Crippen molar-refractivity contribution in [3.63, 3.8) is 0 Å². The molecule has 0 aromatic carbocycles. The van der Waals surface area contributed by atoms with E-state index < -0.39 is 12.2 Å². The quantitative estimate of drug-likeness (QED) is 0.0274. The van der Waals surface area contributed by atoms with Gasteiger partial charge in [-0.15, -0.1) is 0 Å². The van der Waals surface area contributed by atoms with Gasteiger partial charge < -0.3 is 29.9 Å². The summed E-state index contributed by atoms with van der Waals surface area (Å²) in [4.78, 5) is 22.8. The Morgan fingerprint density at radius 1 is 0.407 bits per heavy atom. The predicted octanol–water partition coefficient (Wildman–Crippen LogP) is 11.6. The maximum atomic E-state index is 11.4. The van der Waals surface area contributed by atoms with Crippen molar-refractivity contribution in [3.8, 4) is 0 Å². The van der Waals surface area contributed by atoms with Crippen LogP contribution in [0.1, 0.15) is 232 Å².